The highest BCUT2D eigenvalue weighted by Gasteiger charge is 2.23. The second-order valence-corrected chi connectivity index (χ2v) is 6.20. The summed E-state index contributed by atoms with van der Waals surface area (Å²) in [6, 6.07) is 10.5. The predicted molar refractivity (Wildman–Crippen MR) is 100 cm³/mol. The Labute approximate surface area is 160 Å². The van der Waals surface area contributed by atoms with Gasteiger partial charge >= 0.3 is 11.8 Å². The van der Waals surface area contributed by atoms with Gasteiger partial charge in [-0.05, 0) is 35.9 Å². The average Bonchev–Trinajstić information content (AvgIpc) is 2.69. The van der Waals surface area contributed by atoms with Crippen LogP contribution in [-0.2, 0) is 14.4 Å². The molecule has 146 valence electrons. The number of ether oxygens (including phenoxy) is 1. The fraction of sp³-hybridized carbons (Fsp3) is 0.211. The molecule has 0 fully saturated rings. The van der Waals surface area contributed by atoms with Gasteiger partial charge in [-0.1, -0.05) is 12.1 Å². The number of nitrogens with zero attached hydrogens (tertiary/aromatic N) is 1. The van der Waals surface area contributed by atoms with E-state index in [0.717, 1.165) is 0 Å². The van der Waals surface area contributed by atoms with Crippen molar-refractivity contribution < 1.29 is 29.3 Å². The van der Waals surface area contributed by atoms with E-state index in [0.29, 0.717) is 22.7 Å². The van der Waals surface area contributed by atoms with Crippen LogP contribution in [0.4, 0.5) is 11.4 Å². The molecule has 9 heteroatoms. The number of hydrogen-bond donors (Lipinski definition) is 4. The van der Waals surface area contributed by atoms with Crippen molar-refractivity contribution in [3.05, 3.63) is 48.0 Å². The number of nitrogens with one attached hydrogen (secondary N) is 2. The van der Waals surface area contributed by atoms with Gasteiger partial charge in [0.05, 0.1) is 11.8 Å². The number of likely N-dealkylation sites (N-methyl/N-ethyl adjacent to an activating group) is 1. The molecule has 1 heterocycles. The molecule has 4 N–H and O–H groups in total. The molecule has 9 nitrogen and oxygen atoms in total. The standard InChI is InChI=1S/C19H19N3O6/c1-22-14-8-12(4-7-16(14)28-10-17(22)25)21-19(27)18(26)20-9-15(24)11-2-5-13(23)6-3-11/h2-8,15,23-24H,9-10H2,1H3,(H,20,26)(H,21,27)/t15-/m0/s1. The Kier molecular flexibility index (Phi) is 5.46. The molecule has 2 aromatic rings. The van der Waals surface area contributed by atoms with Gasteiger partial charge in [0.2, 0.25) is 0 Å². The quantitative estimate of drug-likeness (QED) is 0.569. The van der Waals surface area contributed by atoms with Crippen LogP contribution in [0, 0.1) is 0 Å². The molecule has 0 aromatic heterocycles. The van der Waals surface area contributed by atoms with Crippen LogP contribution in [0.2, 0.25) is 0 Å². The third kappa shape index (κ3) is 4.21. The number of aromatic hydroxyl groups is 1. The Morgan fingerprint density at radius 1 is 1.18 bits per heavy atom. The van der Waals surface area contributed by atoms with Crippen molar-refractivity contribution in [3.63, 3.8) is 0 Å². The fourth-order valence-electron chi connectivity index (χ4n) is 2.62. The van der Waals surface area contributed by atoms with E-state index < -0.39 is 17.9 Å². The molecule has 1 atom stereocenters. The molecule has 0 aliphatic carbocycles. The summed E-state index contributed by atoms with van der Waals surface area (Å²) in [4.78, 5) is 37.1. The van der Waals surface area contributed by atoms with Crippen molar-refractivity contribution in [3.8, 4) is 11.5 Å². The van der Waals surface area contributed by atoms with Gasteiger partial charge in [-0.3, -0.25) is 14.4 Å². The lowest BCUT2D eigenvalue weighted by molar-refractivity contribution is -0.136. The van der Waals surface area contributed by atoms with Crippen LogP contribution in [0.5, 0.6) is 11.5 Å². The molecule has 0 saturated carbocycles. The first-order chi connectivity index (χ1) is 13.3. The lowest BCUT2D eigenvalue weighted by Gasteiger charge is -2.26. The summed E-state index contributed by atoms with van der Waals surface area (Å²) in [5.74, 6) is -1.50. The van der Waals surface area contributed by atoms with Crippen molar-refractivity contribution in [2.45, 2.75) is 6.10 Å². The number of fused-ring (bicyclic) bond motifs is 1. The number of anilines is 2. The number of carbonyl (C=O) groups excluding carboxylic acids is 3. The van der Waals surface area contributed by atoms with Crippen LogP contribution >= 0.6 is 0 Å². The summed E-state index contributed by atoms with van der Waals surface area (Å²) in [7, 11) is 1.59. The number of aliphatic hydroxyl groups is 1. The number of benzene rings is 2. The Hall–Kier alpha value is -3.59. The summed E-state index contributed by atoms with van der Waals surface area (Å²) >= 11 is 0. The average molecular weight is 385 g/mol. The molecular formula is C19H19N3O6. The van der Waals surface area contributed by atoms with Crippen LogP contribution < -0.4 is 20.3 Å². The lowest BCUT2D eigenvalue weighted by atomic mass is 10.1. The van der Waals surface area contributed by atoms with Crippen molar-refractivity contribution in [2.24, 2.45) is 0 Å². The van der Waals surface area contributed by atoms with Crippen LogP contribution in [0.25, 0.3) is 0 Å². The number of amides is 3. The fourth-order valence-corrected chi connectivity index (χ4v) is 2.62. The summed E-state index contributed by atoms with van der Waals surface area (Å²) in [6.07, 6.45) is -1.03. The number of phenolic OH excluding ortho intramolecular Hbond substituents is 1. The van der Waals surface area contributed by atoms with E-state index in [2.05, 4.69) is 10.6 Å². The van der Waals surface area contributed by atoms with Gasteiger partial charge in [-0.15, -0.1) is 0 Å². The van der Waals surface area contributed by atoms with Gasteiger partial charge in [0.1, 0.15) is 11.5 Å². The highest BCUT2D eigenvalue weighted by atomic mass is 16.5. The monoisotopic (exact) mass is 385 g/mol. The van der Waals surface area contributed by atoms with Gasteiger partial charge in [0.25, 0.3) is 5.91 Å². The third-order valence-corrected chi connectivity index (χ3v) is 4.24. The first kappa shape index (κ1) is 19.2. The normalized spacial score (nSPS) is 13.9. The molecule has 0 unspecified atom stereocenters. The molecule has 3 amide bonds. The Bertz CT molecular complexity index is 912. The van der Waals surface area contributed by atoms with Crippen molar-refractivity contribution in [1.82, 2.24) is 5.32 Å². The number of hydrogen-bond acceptors (Lipinski definition) is 6. The lowest BCUT2D eigenvalue weighted by Crippen LogP contribution is -2.38. The maximum Gasteiger partial charge on any atom is 0.313 e. The third-order valence-electron chi connectivity index (χ3n) is 4.24. The van der Waals surface area contributed by atoms with E-state index in [4.69, 9.17) is 4.74 Å². The van der Waals surface area contributed by atoms with Gasteiger partial charge in [0.15, 0.2) is 6.61 Å². The van der Waals surface area contributed by atoms with E-state index >= 15 is 0 Å². The maximum atomic E-state index is 12.1. The van der Waals surface area contributed by atoms with E-state index in [1.165, 1.54) is 35.2 Å². The van der Waals surface area contributed by atoms with Crippen LogP contribution in [0.1, 0.15) is 11.7 Å². The highest BCUT2D eigenvalue weighted by Crippen LogP contribution is 2.33. The first-order valence-electron chi connectivity index (χ1n) is 8.44. The zero-order chi connectivity index (χ0) is 20.3. The smallest absolute Gasteiger partial charge is 0.313 e. The van der Waals surface area contributed by atoms with Gasteiger partial charge in [0, 0.05) is 19.3 Å². The SMILES string of the molecule is CN1C(=O)COc2ccc(NC(=O)C(=O)NC[C@H](O)c3ccc(O)cc3)cc21. The highest BCUT2D eigenvalue weighted by molar-refractivity contribution is 6.39. The van der Waals surface area contributed by atoms with Crippen molar-refractivity contribution >= 4 is 29.1 Å². The minimum atomic E-state index is -1.03. The number of aliphatic hydroxyl groups excluding tert-OH is 1. The second-order valence-electron chi connectivity index (χ2n) is 6.20. The topological polar surface area (TPSA) is 128 Å². The summed E-state index contributed by atoms with van der Waals surface area (Å²) in [6.45, 7) is -0.229. The zero-order valence-corrected chi connectivity index (χ0v) is 15.0. The van der Waals surface area contributed by atoms with Crippen LogP contribution in [0.15, 0.2) is 42.5 Å². The molecule has 0 saturated heterocycles. The van der Waals surface area contributed by atoms with Crippen molar-refractivity contribution in [2.75, 3.05) is 30.4 Å². The Balaban J connectivity index is 1.58. The van der Waals surface area contributed by atoms with Gasteiger partial charge in [-0.2, -0.15) is 0 Å². The predicted octanol–water partition coefficient (Wildman–Crippen LogP) is 0.536. The maximum absolute atomic E-state index is 12.1. The molecule has 1 aliphatic rings. The van der Waals surface area contributed by atoms with E-state index in [1.54, 1.807) is 19.2 Å². The van der Waals surface area contributed by atoms with Gasteiger partial charge in [-0.25, -0.2) is 0 Å². The van der Waals surface area contributed by atoms with E-state index in [-0.39, 0.29) is 24.8 Å². The van der Waals surface area contributed by atoms with Crippen LogP contribution in [-0.4, -0.2) is 48.1 Å². The first-order valence-corrected chi connectivity index (χ1v) is 8.44. The Morgan fingerprint density at radius 3 is 2.61 bits per heavy atom. The summed E-state index contributed by atoms with van der Waals surface area (Å²) < 4.78 is 5.30. The zero-order valence-electron chi connectivity index (χ0n) is 15.0. The van der Waals surface area contributed by atoms with E-state index in [1.807, 2.05) is 0 Å². The van der Waals surface area contributed by atoms with E-state index in [9.17, 15) is 24.6 Å². The summed E-state index contributed by atoms with van der Waals surface area (Å²) in [5, 5.41) is 24.1. The Morgan fingerprint density at radius 2 is 1.89 bits per heavy atom. The molecule has 3 rings (SSSR count). The molecule has 28 heavy (non-hydrogen) atoms. The molecule has 2 aromatic carbocycles. The summed E-state index contributed by atoms with van der Waals surface area (Å²) in [5.41, 5.74) is 1.29. The molecule has 0 radical (unpaired) electrons. The minimum absolute atomic E-state index is 0.0546. The number of phenols is 1. The minimum Gasteiger partial charge on any atom is -0.508 e. The number of rotatable bonds is 4. The van der Waals surface area contributed by atoms with Gasteiger partial charge < -0.3 is 30.5 Å². The molecule has 1 aliphatic heterocycles. The largest absolute Gasteiger partial charge is 0.508 e. The second kappa shape index (κ2) is 7.97. The van der Waals surface area contributed by atoms with Crippen molar-refractivity contribution in [1.29, 1.82) is 0 Å². The molecular weight excluding hydrogens is 366 g/mol. The number of carbonyl (C=O) groups is 3. The molecule has 0 spiro atoms. The molecule has 0 bridgehead atoms. The van der Waals surface area contributed by atoms with Crippen LogP contribution in [0.3, 0.4) is 0 Å².